The highest BCUT2D eigenvalue weighted by molar-refractivity contribution is 7.89. The van der Waals surface area contributed by atoms with Crippen LogP contribution in [0.1, 0.15) is 57.4 Å². The van der Waals surface area contributed by atoms with Crippen molar-refractivity contribution in [1.29, 1.82) is 0 Å². The van der Waals surface area contributed by atoms with Gasteiger partial charge in [-0.2, -0.15) is 4.31 Å². The summed E-state index contributed by atoms with van der Waals surface area (Å²) < 4.78 is 27.1. The fourth-order valence-electron chi connectivity index (χ4n) is 3.32. The first-order valence-electron chi connectivity index (χ1n) is 9.79. The van der Waals surface area contributed by atoms with Crippen LogP contribution in [-0.4, -0.2) is 38.3 Å². The molecule has 2 rings (SSSR count). The number of hydrogen-bond acceptors (Lipinski definition) is 3. The maximum absolute atomic E-state index is 12.8. The van der Waals surface area contributed by atoms with E-state index in [9.17, 15) is 13.2 Å². The van der Waals surface area contributed by atoms with E-state index in [-0.39, 0.29) is 18.4 Å². The van der Waals surface area contributed by atoms with E-state index in [1.165, 1.54) is 23.6 Å². The number of carbonyl (C=O) groups excluding carboxylic acids is 1. The summed E-state index contributed by atoms with van der Waals surface area (Å²) >= 11 is 0. The van der Waals surface area contributed by atoms with Gasteiger partial charge < -0.3 is 5.32 Å². The normalized spacial score (nSPS) is 18.6. The van der Waals surface area contributed by atoms with Gasteiger partial charge in [-0.1, -0.05) is 50.3 Å². The van der Waals surface area contributed by atoms with Crippen LogP contribution >= 0.6 is 0 Å². The van der Waals surface area contributed by atoms with Crippen LogP contribution in [0.4, 0.5) is 0 Å². The number of nitrogens with zero attached hydrogens (tertiary/aromatic N) is 1. The molecule has 1 aliphatic rings. The second-order valence-corrected chi connectivity index (χ2v) is 9.16. The molecular weight excluding hydrogens is 348 g/mol. The number of amides is 1. The first-order valence-corrected chi connectivity index (χ1v) is 11.2. The average Bonchev–Trinajstić information content (AvgIpc) is 2.65. The third-order valence-corrected chi connectivity index (χ3v) is 6.87. The van der Waals surface area contributed by atoms with Crippen LogP contribution in [0.15, 0.2) is 29.2 Å². The van der Waals surface area contributed by atoms with Crippen LogP contribution in [0.3, 0.4) is 0 Å². The maximum atomic E-state index is 12.8. The lowest BCUT2D eigenvalue weighted by atomic mass is 9.99. The van der Waals surface area contributed by atoms with Gasteiger partial charge in [-0.15, -0.1) is 0 Å². The molecule has 146 valence electrons. The van der Waals surface area contributed by atoms with E-state index >= 15 is 0 Å². The van der Waals surface area contributed by atoms with Crippen molar-refractivity contribution in [3.63, 3.8) is 0 Å². The highest BCUT2D eigenvalue weighted by atomic mass is 32.2. The van der Waals surface area contributed by atoms with Gasteiger partial charge in [0.2, 0.25) is 15.9 Å². The zero-order chi connectivity index (χ0) is 19.0. The predicted molar refractivity (Wildman–Crippen MR) is 104 cm³/mol. The van der Waals surface area contributed by atoms with Crippen LogP contribution in [0.25, 0.3) is 0 Å². The Labute approximate surface area is 158 Å². The van der Waals surface area contributed by atoms with E-state index in [4.69, 9.17) is 0 Å². The van der Waals surface area contributed by atoms with Gasteiger partial charge in [-0.05, 0) is 38.3 Å². The van der Waals surface area contributed by atoms with Gasteiger partial charge in [0.05, 0.1) is 10.8 Å². The Morgan fingerprint density at radius 1 is 1.15 bits per heavy atom. The zero-order valence-electron chi connectivity index (χ0n) is 16.0. The predicted octanol–water partition coefficient (Wildman–Crippen LogP) is 3.48. The second kappa shape index (κ2) is 10.1. The summed E-state index contributed by atoms with van der Waals surface area (Å²) in [5.74, 6) is -0.260. The average molecular weight is 381 g/mol. The van der Waals surface area contributed by atoms with Crippen molar-refractivity contribution in [3.05, 3.63) is 29.8 Å². The molecule has 1 aromatic carbocycles. The van der Waals surface area contributed by atoms with Gasteiger partial charge in [0.1, 0.15) is 0 Å². The van der Waals surface area contributed by atoms with E-state index in [0.29, 0.717) is 18.0 Å². The van der Waals surface area contributed by atoms with Crippen molar-refractivity contribution in [2.24, 2.45) is 5.92 Å². The largest absolute Gasteiger partial charge is 0.356 e. The molecule has 0 unspecified atom stereocenters. The van der Waals surface area contributed by atoms with Crippen molar-refractivity contribution in [2.75, 3.05) is 19.6 Å². The third kappa shape index (κ3) is 5.81. The highest BCUT2D eigenvalue weighted by Crippen LogP contribution is 2.24. The van der Waals surface area contributed by atoms with E-state index in [2.05, 4.69) is 12.2 Å². The maximum Gasteiger partial charge on any atom is 0.243 e. The summed E-state index contributed by atoms with van der Waals surface area (Å²) in [4.78, 5) is 12.7. The molecule has 1 amide bonds. The van der Waals surface area contributed by atoms with Crippen LogP contribution in [0, 0.1) is 12.8 Å². The number of benzene rings is 1. The Bertz CT molecular complexity index is 671. The number of aryl methyl sites for hydroxylation is 1. The highest BCUT2D eigenvalue weighted by Gasteiger charge is 2.33. The molecule has 1 heterocycles. The summed E-state index contributed by atoms with van der Waals surface area (Å²) in [6, 6.07) is 6.90. The molecule has 1 fully saturated rings. The molecule has 1 saturated heterocycles. The Morgan fingerprint density at radius 2 is 1.85 bits per heavy atom. The number of carbonyl (C=O) groups is 1. The van der Waals surface area contributed by atoms with Crippen molar-refractivity contribution < 1.29 is 13.2 Å². The van der Waals surface area contributed by atoms with Gasteiger partial charge >= 0.3 is 0 Å². The van der Waals surface area contributed by atoms with Crippen LogP contribution in [0.2, 0.25) is 0 Å². The molecule has 0 aromatic heterocycles. The fourth-order valence-corrected chi connectivity index (χ4v) is 4.84. The quantitative estimate of drug-likeness (QED) is 0.667. The van der Waals surface area contributed by atoms with Crippen molar-refractivity contribution >= 4 is 15.9 Å². The summed E-state index contributed by atoms with van der Waals surface area (Å²) in [5.41, 5.74) is 1.03. The molecule has 0 aliphatic carbocycles. The summed E-state index contributed by atoms with van der Waals surface area (Å²) in [5, 5.41) is 2.99. The number of piperidine rings is 1. The Kier molecular flexibility index (Phi) is 8.10. The van der Waals surface area contributed by atoms with Crippen LogP contribution < -0.4 is 5.32 Å². The fraction of sp³-hybridized carbons (Fsp3) is 0.650. The lowest BCUT2D eigenvalue weighted by molar-refractivity contribution is -0.126. The second-order valence-electron chi connectivity index (χ2n) is 7.22. The molecule has 1 aliphatic heterocycles. The van der Waals surface area contributed by atoms with Gasteiger partial charge in [0.15, 0.2) is 0 Å². The zero-order valence-corrected chi connectivity index (χ0v) is 16.9. The summed E-state index contributed by atoms with van der Waals surface area (Å²) in [6.07, 6.45) is 7.25. The first-order chi connectivity index (χ1) is 12.4. The van der Waals surface area contributed by atoms with Crippen molar-refractivity contribution in [2.45, 2.75) is 63.7 Å². The summed E-state index contributed by atoms with van der Waals surface area (Å²) in [6.45, 7) is 5.56. The van der Waals surface area contributed by atoms with Crippen molar-refractivity contribution in [3.8, 4) is 0 Å². The molecule has 1 atom stereocenters. The first kappa shape index (κ1) is 20.9. The van der Waals surface area contributed by atoms with E-state index < -0.39 is 10.0 Å². The van der Waals surface area contributed by atoms with Gasteiger partial charge in [-0.3, -0.25) is 4.79 Å². The molecule has 1 N–H and O–H groups in total. The number of nitrogens with one attached hydrogen (secondary N) is 1. The van der Waals surface area contributed by atoms with E-state index in [1.54, 1.807) is 24.3 Å². The SMILES string of the molecule is CCCCCCCNC(=O)[C@H]1CCCN(S(=O)(=O)c2ccc(C)cc2)C1. The molecule has 0 radical (unpaired) electrons. The number of unbranched alkanes of at least 4 members (excludes halogenated alkanes) is 4. The van der Waals surface area contributed by atoms with Crippen LogP contribution in [-0.2, 0) is 14.8 Å². The Morgan fingerprint density at radius 3 is 2.54 bits per heavy atom. The number of rotatable bonds is 9. The minimum atomic E-state index is -3.53. The van der Waals surface area contributed by atoms with E-state index in [0.717, 1.165) is 31.2 Å². The summed E-state index contributed by atoms with van der Waals surface area (Å²) in [7, 11) is -3.53. The topological polar surface area (TPSA) is 66.5 Å². The molecule has 0 saturated carbocycles. The monoisotopic (exact) mass is 380 g/mol. The smallest absolute Gasteiger partial charge is 0.243 e. The minimum Gasteiger partial charge on any atom is -0.356 e. The minimum absolute atomic E-state index is 0.00991. The molecule has 1 aromatic rings. The number of hydrogen-bond donors (Lipinski definition) is 1. The Balaban J connectivity index is 1.87. The standard InChI is InChI=1S/C20H32N2O3S/c1-3-4-5-6-7-14-21-20(23)18-9-8-15-22(16-18)26(24,25)19-12-10-17(2)11-13-19/h10-13,18H,3-9,14-16H2,1-2H3,(H,21,23)/t18-/m0/s1. The molecular formula is C20H32N2O3S. The van der Waals surface area contributed by atoms with Crippen molar-refractivity contribution in [1.82, 2.24) is 9.62 Å². The molecule has 0 spiro atoms. The van der Waals surface area contributed by atoms with E-state index in [1.807, 2.05) is 6.92 Å². The van der Waals surface area contributed by atoms with Gasteiger partial charge in [0.25, 0.3) is 0 Å². The molecule has 26 heavy (non-hydrogen) atoms. The molecule has 0 bridgehead atoms. The molecule has 5 nitrogen and oxygen atoms in total. The van der Waals surface area contributed by atoms with Gasteiger partial charge in [-0.25, -0.2) is 8.42 Å². The Hall–Kier alpha value is -1.40. The van der Waals surface area contributed by atoms with Gasteiger partial charge in [0, 0.05) is 19.6 Å². The lowest BCUT2D eigenvalue weighted by Crippen LogP contribution is -2.45. The molecule has 6 heteroatoms. The third-order valence-electron chi connectivity index (χ3n) is 4.99. The number of sulfonamides is 1. The van der Waals surface area contributed by atoms with Crippen LogP contribution in [0.5, 0.6) is 0 Å². The lowest BCUT2D eigenvalue weighted by Gasteiger charge is -2.31.